The third-order valence-electron chi connectivity index (χ3n) is 5.71. The summed E-state index contributed by atoms with van der Waals surface area (Å²) < 4.78 is 29.8. The second-order valence-electron chi connectivity index (χ2n) is 8.56. The van der Waals surface area contributed by atoms with Crippen LogP contribution in [0, 0.1) is 12.8 Å². The molecule has 1 atom stereocenters. The first kappa shape index (κ1) is 25.1. The summed E-state index contributed by atoms with van der Waals surface area (Å²) in [4.78, 5) is 41.9. The van der Waals surface area contributed by atoms with E-state index in [9.17, 15) is 23.2 Å². The average molecular weight is 474 g/mol. The zero-order valence-electron chi connectivity index (χ0n) is 19.5. The van der Waals surface area contributed by atoms with Gasteiger partial charge in [-0.15, -0.1) is 0 Å². The Morgan fingerprint density at radius 2 is 1.59 bits per heavy atom. The quantitative estimate of drug-likeness (QED) is 0.669. The van der Waals surface area contributed by atoms with E-state index in [0.717, 1.165) is 5.56 Å². The van der Waals surface area contributed by atoms with E-state index in [0.29, 0.717) is 5.56 Å². The summed E-state index contributed by atoms with van der Waals surface area (Å²) in [6.07, 6.45) is 0. The van der Waals surface area contributed by atoms with E-state index < -0.39 is 18.6 Å². The summed E-state index contributed by atoms with van der Waals surface area (Å²) in [5.74, 6) is -1.29. The van der Waals surface area contributed by atoms with Crippen LogP contribution >= 0.6 is 0 Å². The fourth-order valence-corrected chi connectivity index (χ4v) is 3.86. The third-order valence-corrected chi connectivity index (χ3v) is 5.71. The van der Waals surface area contributed by atoms with Crippen LogP contribution in [0.3, 0.4) is 0 Å². The highest BCUT2D eigenvalue weighted by Crippen LogP contribution is 2.23. The van der Waals surface area contributed by atoms with Crippen molar-refractivity contribution in [3.8, 4) is 5.75 Å². The number of aryl methyl sites for hydroxylation is 1. The Balaban J connectivity index is 1.63. The monoisotopic (exact) mass is 473 g/mol. The lowest BCUT2D eigenvalue weighted by Gasteiger charge is -2.37. The van der Waals surface area contributed by atoms with E-state index >= 15 is 0 Å². The fraction of sp³-hybridized carbons (Fsp3) is 0.400. The van der Waals surface area contributed by atoms with Gasteiger partial charge in [0.2, 0.25) is 5.91 Å². The molecule has 0 radical (unpaired) electrons. The van der Waals surface area contributed by atoms with Gasteiger partial charge in [0.1, 0.15) is 11.8 Å². The number of amides is 3. The molecule has 1 saturated heterocycles. The molecule has 0 bridgehead atoms. The van der Waals surface area contributed by atoms with Gasteiger partial charge in [0.05, 0.1) is 5.56 Å². The number of para-hydroxylation sites is 1. The smallest absolute Gasteiger partial charge is 0.387 e. The second-order valence-corrected chi connectivity index (χ2v) is 8.56. The van der Waals surface area contributed by atoms with E-state index in [4.69, 9.17) is 0 Å². The molecule has 182 valence electrons. The normalized spacial score (nSPS) is 14.8. The molecule has 2 aromatic rings. The molecule has 0 spiro atoms. The molecule has 9 heteroatoms. The van der Waals surface area contributed by atoms with Gasteiger partial charge in [-0.3, -0.25) is 14.4 Å². The Labute approximate surface area is 197 Å². The fourth-order valence-electron chi connectivity index (χ4n) is 3.86. The Morgan fingerprint density at radius 3 is 2.21 bits per heavy atom. The third kappa shape index (κ3) is 6.09. The number of carbonyl (C=O) groups is 3. The van der Waals surface area contributed by atoms with Crippen LogP contribution in [0.1, 0.15) is 40.1 Å². The highest BCUT2D eigenvalue weighted by molar-refractivity contribution is 5.98. The molecule has 1 fully saturated rings. The van der Waals surface area contributed by atoms with Crippen LogP contribution in [0.5, 0.6) is 5.75 Å². The predicted molar refractivity (Wildman–Crippen MR) is 123 cm³/mol. The zero-order chi connectivity index (χ0) is 24.8. The number of benzene rings is 2. The van der Waals surface area contributed by atoms with E-state index in [1.165, 1.54) is 23.1 Å². The van der Waals surface area contributed by atoms with Crippen molar-refractivity contribution >= 4 is 17.7 Å². The molecule has 1 aliphatic rings. The van der Waals surface area contributed by atoms with Crippen LogP contribution < -0.4 is 10.1 Å². The maximum Gasteiger partial charge on any atom is 0.387 e. The van der Waals surface area contributed by atoms with E-state index in [-0.39, 0.29) is 55.2 Å². The summed E-state index contributed by atoms with van der Waals surface area (Å²) in [5.41, 5.74) is 1.48. The standard InChI is InChI=1S/C25H29F2N3O4/c1-16(2)21(28-22(31)18-8-6-7-17(3)15-18)24(33)30-13-11-29(12-14-30)23(32)19-9-4-5-10-20(19)34-25(26)27/h4-10,15-16,21,25H,11-14H2,1-3H3,(H,28,31). The maximum absolute atomic E-state index is 13.2. The number of hydrogen-bond acceptors (Lipinski definition) is 4. The van der Waals surface area contributed by atoms with Gasteiger partial charge in [0.25, 0.3) is 11.8 Å². The van der Waals surface area contributed by atoms with Crippen molar-refractivity contribution < 1.29 is 27.9 Å². The Bertz CT molecular complexity index is 1040. The van der Waals surface area contributed by atoms with Crippen LogP contribution in [-0.4, -0.2) is 66.4 Å². The molecule has 1 unspecified atom stereocenters. The van der Waals surface area contributed by atoms with Gasteiger partial charge >= 0.3 is 6.61 Å². The molecule has 3 amide bonds. The van der Waals surface area contributed by atoms with Crippen LogP contribution in [0.2, 0.25) is 0 Å². The number of nitrogens with zero attached hydrogens (tertiary/aromatic N) is 2. The predicted octanol–water partition coefficient (Wildman–Crippen LogP) is 3.34. The first-order valence-corrected chi connectivity index (χ1v) is 11.2. The number of alkyl halides is 2. The van der Waals surface area contributed by atoms with Gasteiger partial charge in [0.15, 0.2) is 0 Å². The summed E-state index contributed by atoms with van der Waals surface area (Å²) in [6.45, 7) is 3.59. The topological polar surface area (TPSA) is 79.0 Å². The number of nitrogens with one attached hydrogen (secondary N) is 1. The lowest BCUT2D eigenvalue weighted by atomic mass is 10.0. The summed E-state index contributed by atoms with van der Waals surface area (Å²) in [5, 5.41) is 2.84. The molecule has 7 nitrogen and oxygen atoms in total. The molecule has 1 heterocycles. The Hall–Kier alpha value is -3.49. The van der Waals surface area contributed by atoms with E-state index in [1.807, 2.05) is 26.8 Å². The van der Waals surface area contributed by atoms with Crippen molar-refractivity contribution in [2.24, 2.45) is 5.92 Å². The number of hydrogen-bond donors (Lipinski definition) is 1. The van der Waals surface area contributed by atoms with Gasteiger partial charge < -0.3 is 19.9 Å². The largest absolute Gasteiger partial charge is 0.434 e. The number of halogens is 2. The average Bonchev–Trinajstić information content (AvgIpc) is 2.81. The van der Waals surface area contributed by atoms with Crippen molar-refractivity contribution in [2.75, 3.05) is 26.2 Å². The van der Waals surface area contributed by atoms with E-state index in [1.54, 1.807) is 29.2 Å². The SMILES string of the molecule is Cc1cccc(C(=O)NC(C(=O)N2CCN(C(=O)c3ccccc3OC(F)F)CC2)C(C)C)c1. The highest BCUT2D eigenvalue weighted by atomic mass is 19.3. The first-order chi connectivity index (χ1) is 16.2. The van der Waals surface area contributed by atoms with Gasteiger partial charge in [-0.25, -0.2) is 0 Å². The lowest BCUT2D eigenvalue weighted by Crippen LogP contribution is -2.57. The maximum atomic E-state index is 13.2. The molecule has 2 aromatic carbocycles. The van der Waals surface area contributed by atoms with Crippen molar-refractivity contribution in [2.45, 2.75) is 33.4 Å². The number of piperazine rings is 1. The minimum absolute atomic E-state index is 0.0491. The summed E-state index contributed by atoms with van der Waals surface area (Å²) >= 11 is 0. The van der Waals surface area contributed by atoms with Crippen molar-refractivity contribution in [3.05, 3.63) is 65.2 Å². The second kappa shape index (κ2) is 11.1. The number of carbonyl (C=O) groups excluding carboxylic acids is 3. The minimum Gasteiger partial charge on any atom is -0.434 e. The Morgan fingerprint density at radius 1 is 0.941 bits per heavy atom. The van der Waals surface area contributed by atoms with Gasteiger partial charge in [0, 0.05) is 31.7 Å². The number of rotatable bonds is 7. The minimum atomic E-state index is -3.04. The van der Waals surface area contributed by atoms with Crippen LogP contribution in [0.15, 0.2) is 48.5 Å². The molecule has 0 aliphatic carbocycles. The molecule has 1 aliphatic heterocycles. The molecular weight excluding hydrogens is 444 g/mol. The molecule has 1 N–H and O–H groups in total. The first-order valence-electron chi connectivity index (χ1n) is 11.2. The lowest BCUT2D eigenvalue weighted by molar-refractivity contribution is -0.135. The van der Waals surface area contributed by atoms with Crippen LogP contribution in [-0.2, 0) is 4.79 Å². The zero-order valence-corrected chi connectivity index (χ0v) is 19.5. The molecule has 0 aromatic heterocycles. The Kier molecular flexibility index (Phi) is 8.20. The van der Waals surface area contributed by atoms with Crippen LogP contribution in [0.4, 0.5) is 8.78 Å². The molecular formula is C25H29F2N3O4. The van der Waals surface area contributed by atoms with Crippen LogP contribution in [0.25, 0.3) is 0 Å². The molecule has 0 saturated carbocycles. The number of ether oxygens (including phenoxy) is 1. The highest BCUT2D eigenvalue weighted by Gasteiger charge is 2.32. The van der Waals surface area contributed by atoms with Crippen molar-refractivity contribution in [1.82, 2.24) is 15.1 Å². The van der Waals surface area contributed by atoms with Crippen molar-refractivity contribution in [3.63, 3.8) is 0 Å². The van der Waals surface area contributed by atoms with E-state index in [2.05, 4.69) is 10.1 Å². The molecule has 34 heavy (non-hydrogen) atoms. The van der Waals surface area contributed by atoms with Gasteiger partial charge in [-0.1, -0.05) is 43.7 Å². The summed E-state index contributed by atoms with van der Waals surface area (Å²) in [6, 6.07) is 12.3. The van der Waals surface area contributed by atoms with Crippen molar-refractivity contribution in [1.29, 1.82) is 0 Å². The van der Waals surface area contributed by atoms with Gasteiger partial charge in [-0.2, -0.15) is 8.78 Å². The molecule has 3 rings (SSSR count). The summed E-state index contributed by atoms with van der Waals surface area (Å²) in [7, 11) is 0. The van der Waals surface area contributed by atoms with Gasteiger partial charge in [-0.05, 0) is 37.1 Å².